The minimum Gasteiger partial charge on any atom is -0.491 e. The van der Waals surface area contributed by atoms with Crippen LogP contribution in [0.4, 0.5) is 0 Å². The van der Waals surface area contributed by atoms with Crippen molar-refractivity contribution in [2.24, 2.45) is 0 Å². The number of rotatable bonds is 7. The Labute approximate surface area is 198 Å². The minimum atomic E-state index is -3.70. The van der Waals surface area contributed by atoms with Crippen molar-refractivity contribution >= 4 is 38.3 Å². The molecule has 174 valence electrons. The van der Waals surface area contributed by atoms with Gasteiger partial charge in [0.05, 0.1) is 22.0 Å². The average Bonchev–Trinajstić information content (AvgIpc) is 2.82. The molecule has 0 aliphatic carbocycles. The number of likely N-dealkylation sites (N-methyl/N-ethyl adjacent to an activating group) is 1. The average molecular weight is 488 g/mol. The lowest BCUT2D eigenvalue weighted by Gasteiger charge is -2.31. The monoisotopic (exact) mass is 487 g/mol. The van der Waals surface area contributed by atoms with Crippen LogP contribution in [0.15, 0.2) is 65.6 Å². The Kier molecular flexibility index (Phi) is 7.19. The topological polar surface area (TPSA) is 79.0 Å². The maximum Gasteiger partial charge on any atom is 0.252 e. The normalized spacial score (nSPS) is 15.5. The van der Waals surface area contributed by atoms with Crippen LogP contribution in [0.5, 0.6) is 5.75 Å². The van der Waals surface area contributed by atoms with Gasteiger partial charge in [-0.2, -0.15) is 4.31 Å². The number of sulfonamides is 1. The molecule has 0 bridgehead atoms. The van der Waals surface area contributed by atoms with Crippen LogP contribution in [0.25, 0.3) is 10.8 Å². The molecule has 1 fully saturated rings. The Morgan fingerprint density at radius 2 is 1.76 bits per heavy atom. The Morgan fingerprint density at radius 1 is 1.03 bits per heavy atom. The summed E-state index contributed by atoms with van der Waals surface area (Å²) in [6.07, 6.45) is 0. The minimum absolute atomic E-state index is 0.0635. The summed E-state index contributed by atoms with van der Waals surface area (Å²) in [4.78, 5) is 14.9. The molecule has 1 aliphatic rings. The molecule has 0 saturated carbocycles. The Balaban J connectivity index is 1.40. The first-order valence-electron chi connectivity index (χ1n) is 10.7. The molecule has 1 N–H and O–H groups in total. The van der Waals surface area contributed by atoms with Gasteiger partial charge in [-0.15, -0.1) is 0 Å². The van der Waals surface area contributed by atoms with Crippen molar-refractivity contribution in [3.05, 3.63) is 71.2 Å². The third-order valence-corrected chi connectivity index (χ3v) is 7.90. The second-order valence-electron chi connectivity index (χ2n) is 7.93. The number of fused-ring (bicyclic) bond motifs is 1. The van der Waals surface area contributed by atoms with E-state index in [2.05, 4.69) is 10.2 Å². The smallest absolute Gasteiger partial charge is 0.252 e. The van der Waals surface area contributed by atoms with E-state index < -0.39 is 15.9 Å². The number of hydrogen-bond acceptors (Lipinski definition) is 5. The highest BCUT2D eigenvalue weighted by Crippen LogP contribution is 2.25. The first-order chi connectivity index (χ1) is 15.9. The van der Waals surface area contributed by atoms with Crippen molar-refractivity contribution < 1.29 is 17.9 Å². The van der Waals surface area contributed by atoms with E-state index in [0.717, 1.165) is 16.5 Å². The zero-order valence-corrected chi connectivity index (χ0v) is 19.9. The van der Waals surface area contributed by atoms with Crippen LogP contribution < -0.4 is 10.1 Å². The fourth-order valence-electron chi connectivity index (χ4n) is 3.76. The molecule has 1 aliphatic heterocycles. The third-order valence-electron chi connectivity index (χ3n) is 5.68. The molecule has 1 heterocycles. The van der Waals surface area contributed by atoms with Gasteiger partial charge in [0.2, 0.25) is 10.0 Å². The lowest BCUT2D eigenvalue weighted by atomic mass is 10.1. The molecule has 0 aromatic heterocycles. The van der Waals surface area contributed by atoms with Gasteiger partial charge < -0.3 is 15.0 Å². The molecular weight excluding hydrogens is 462 g/mol. The van der Waals surface area contributed by atoms with E-state index in [0.29, 0.717) is 26.2 Å². The molecule has 1 amide bonds. The van der Waals surface area contributed by atoms with E-state index in [1.165, 1.54) is 22.5 Å². The fraction of sp³-hybridized carbons (Fsp3) is 0.292. The molecule has 0 unspecified atom stereocenters. The summed E-state index contributed by atoms with van der Waals surface area (Å²) in [6, 6.07) is 17.9. The summed E-state index contributed by atoms with van der Waals surface area (Å²) in [7, 11) is -1.74. The number of nitrogens with zero attached hydrogens (tertiary/aromatic N) is 2. The van der Waals surface area contributed by atoms with Crippen LogP contribution in [0, 0.1) is 0 Å². The summed E-state index contributed by atoms with van der Waals surface area (Å²) in [6.45, 7) is 2.65. The standard InChI is InChI=1S/C24H26ClN3O4S/c1-27-12-14-28(15-13-27)33(30,31)19-9-10-22(25)21(17-19)24(29)26-11-16-32-23-8-4-6-18-5-2-3-7-20(18)23/h2-10,17H,11-16H2,1H3,(H,26,29). The summed E-state index contributed by atoms with van der Waals surface area (Å²) in [5.74, 6) is 0.289. The quantitative estimate of drug-likeness (QED) is 0.518. The van der Waals surface area contributed by atoms with E-state index in [1.807, 2.05) is 49.5 Å². The van der Waals surface area contributed by atoms with Crippen molar-refractivity contribution in [1.82, 2.24) is 14.5 Å². The number of piperazine rings is 1. The molecule has 0 atom stereocenters. The van der Waals surface area contributed by atoms with Gasteiger partial charge in [-0.1, -0.05) is 48.0 Å². The van der Waals surface area contributed by atoms with Crippen molar-refractivity contribution in [2.45, 2.75) is 4.90 Å². The molecule has 0 radical (unpaired) electrons. The largest absolute Gasteiger partial charge is 0.491 e. The van der Waals surface area contributed by atoms with E-state index in [4.69, 9.17) is 16.3 Å². The molecule has 0 spiro atoms. The highest BCUT2D eigenvalue weighted by molar-refractivity contribution is 7.89. The van der Waals surface area contributed by atoms with Crippen molar-refractivity contribution in [3.8, 4) is 5.75 Å². The van der Waals surface area contributed by atoms with Gasteiger partial charge in [-0.05, 0) is 36.7 Å². The van der Waals surface area contributed by atoms with Crippen LogP contribution in [0.3, 0.4) is 0 Å². The van der Waals surface area contributed by atoms with Crippen LogP contribution in [-0.4, -0.2) is 69.9 Å². The second kappa shape index (κ2) is 10.1. The Hall–Kier alpha value is -2.65. The number of nitrogens with one attached hydrogen (secondary N) is 1. The lowest BCUT2D eigenvalue weighted by Crippen LogP contribution is -2.47. The van der Waals surface area contributed by atoms with Crippen molar-refractivity contribution in [1.29, 1.82) is 0 Å². The van der Waals surface area contributed by atoms with Gasteiger partial charge in [0.25, 0.3) is 5.91 Å². The van der Waals surface area contributed by atoms with Gasteiger partial charge in [0.1, 0.15) is 12.4 Å². The Bertz CT molecular complexity index is 1250. The maximum atomic E-state index is 13.0. The van der Waals surface area contributed by atoms with Gasteiger partial charge in [0, 0.05) is 31.6 Å². The van der Waals surface area contributed by atoms with Crippen LogP contribution in [0.2, 0.25) is 5.02 Å². The predicted molar refractivity (Wildman–Crippen MR) is 129 cm³/mol. The summed E-state index contributed by atoms with van der Waals surface area (Å²) in [5, 5.41) is 5.02. The summed E-state index contributed by atoms with van der Waals surface area (Å²) < 4.78 is 33.3. The second-order valence-corrected chi connectivity index (χ2v) is 10.3. The number of halogens is 1. The molecule has 7 nitrogen and oxygen atoms in total. The van der Waals surface area contributed by atoms with E-state index in [-0.39, 0.29) is 28.6 Å². The maximum absolute atomic E-state index is 13.0. The number of amides is 1. The van der Waals surface area contributed by atoms with Gasteiger partial charge >= 0.3 is 0 Å². The molecule has 33 heavy (non-hydrogen) atoms. The first kappa shape index (κ1) is 23.5. The van der Waals surface area contributed by atoms with Crippen LogP contribution in [0.1, 0.15) is 10.4 Å². The molecule has 3 aromatic carbocycles. The Morgan fingerprint density at radius 3 is 2.55 bits per heavy atom. The van der Waals surface area contributed by atoms with Crippen molar-refractivity contribution in [2.75, 3.05) is 46.4 Å². The van der Waals surface area contributed by atoms with Crippen LogP contribution in [-0.2, 0) is 10.0 Å². The predicted octanol–water partition coefficient (Wildman–Crippen LogP) is 3.24. The van der Waals surface area contributed by atoms with E-state index in [9.17, 15) is 13.2 Å². The molecule has 4 rings (SSSR count). The van der Waals surface area contributed by atoms with Gasteiger partial charge in [-0.3, -0.25) is 4.79 Å². The molecule has 3 aromatic rings. The first-order valence-corrected chi connectivity index (χ1v) is 12.5. The summed E-state index contributed by atoms with van der Waals surface area (Å²) >= 11 is 6.21. The van der Waals surface area contributed by atoms with E-state index in [1.54, 1.807) is 0 Å². The highest BCUT2D eigenvalue weighted by Gasteiger charge is 2.28. The molecular formula is C24H26ClN3O4S. The molecule has 1 saturated heterocycles. The van der Waals surface area contributed by atoms with Gasteiger partial charge in [0.15, 0.2) is 0 Å². The zero-order valence-electron chi connectivity index (χ0n) is 18.3. The van der Waals surface area contributed by atoms with Crippen molar-refractivity contribution in [3.63, 3.8) is 0 Å². The fourth-order valence-corrected chi connectivity index (χ4v) is 5.41. The number of hydrogen-bond donors (Lipinski definition) is 1. The lowest BCUT2D eigenvalue weighted by molar-refractivity contribution is 0.0947. The van der Waals surface area contributed by atoms with E-state index >= 15 is 0 Å². The number of benzene rings is 3. The van der Waals surface area contributed by atoms with Gasteiger partial charge in [-0.25, -0.2) is 8.42 Å². The molecule has 9 heteroatoms. The third kappa shape index (κ3) is 5.30. The summed E-state index contributed by atoms with van der Waals surface area (Å²) in [5.41, 5.74) is 0.122. The highest BCUT2D eigenvalue weighted by atomic mass is 35.5. The number of carbonyl (C=O) groups is 1. The number of carbonyl (C=O) groups excluding carboxylic acids is 1. The SMILES string of the molecule is CN1CCN(S(=O)(=O)c2ccc(Cl)c(C(=O)NCCOc3cccc4ccccc34)c2)CC1. The zero-order chi connectivity index (χ0) is 23.4. The van der Waals surface area contributed by atoms with Crippen LogP contribution >= 0.6 is 11.6 Å². The number of ether oxygens (including phenoxy) is 1.